The smallest absolute Gasteiger partial charge is 0.252 e. The fourth-order valence-corrected chi connectivity index (χ4v) is 4.39. The molecule has 9 heteroatoms. The van der Waals surface area contributed by atoms with Crippen LogP contribution in [-0.4, -0.2) is 46.3 Å². The van der Waals surface area contributed by atoms with Gasteiger partial charge >= 0.3 is 0 Å². The lowest BCUT2D eigenvalue weighted by atomic mass is 10.1. The molecule has 0 saturated carbocycles. The number of benzene rings is 2. The van der Waals surface area contributed by atoms with Crippen molar-refractivity contribution in [1.29, 1.82) is 0 Å². The zero-order valence-electron chi connectivity index (χ0n) is 21.3. The number of rotatable bonds is 6. The van der Waals surface area contributed by atoms with Crippen LogP contribution in [0.3, 0.4) is 0 Å². The Morgan fingerprint density at radius 2 is 1.76 bits per heavy atom. The average Bonchev–Trinajstić information content (AvgIpc) is 3.33. The molecule has 37 heavy (non-hydrogen) atoms. The standard InChI is InChI=1S/C28H29N5O4/c1-16(2)33-27-21(14-30-33)20(13-22(31-27)19-8-9-23-24(12-19)37-11-10-36-23)28(35)29-15-25(34)32-26-17(3)6-5-7-18(26)4/h5-9,12-14,16H,10-11,15H2,1-4H3,(H,29,35)(H,32,34). The average molecular weight is 500 g/mol. The van der Waals surface area contributed by atoms with Crippen molar-refractivity contribution in [2.24, 2.45) is 0 Å². The molecule has 190 valence electrons. The van der Waals surface area contributed by atoms with E-state index in [4.69, 9.17) is 14.5 Å². The minimum absolute atomic E-state index is 0.0413. The summed E-state index contributed by atoms with van der Waals surface area (Å²) < 4.78 is 13.1. The van der Waals surface area contributed by atoms with Crippen LogP contribution < -0.4 is 20.1 Å². The highest BCUT2D eigenvalue weighted by Gasteiger charge is 2.21. The van der Waals surface area contributed by atoms with Gasteiger partial charge in [-0.2, -0.15) is 5.10 Å². The summed E-state index contributed by atoms with van der Waals surface area (Å²) in [4.78, 5) is 30.8. The molecule has 0 fully saturated rings. The molecule has 9 nitrogen and oxygen atoms in total. The highest BCUT2D eigenvalue weighted by atomic mass is 16.6. The van der Waals surface area contributed by atoms with Crippen molar-refractivity contribution in [1.82, 2.24) is 20.1 Å². The molecule has 2 N–H and O–H groups in total. The first-order valence-electron chi connectivity index (χ1n) is 12.2. The number of nitrogens with zero attached hydrogens (tertiary/aromatic N) is 3. The highest BCUT2D eigenvalue weighted by molar-refractivity contribution is 6.08. The number of hydrogen-bond donors (Lipinski definition) is 2. The number of amides is 2. The maximum Gasteiger partial charge on any atom is 0.252 e. The zero-order chi connectivity index (χ0) is 26.1. The third-order valence-corrected chi connectivity index (χ3v) is 6.29. The molecule has 0 radical (unpaired) electrons. The van der Waals surface area contributed by atoms with Gasteiger partial charge in [-0.1, -0.05) is 18.2 Å². The molecule has 2 amide bonds. The van der Waals surface area contributed by atoms with Crippen LogP contribution in [0.1, 0.15) is 41.4 Å². The Bertz CT molecular complexity index is 1490. The summed E-state index contributed by atoms with van der Waals surface area (Å²) >= 11 is 0. The van der Waals surface area contributed by atoms with Gasteiger partial charge in [-0.05, 0) is 63.1 Å². The van der Waals surface area contributed by atoms with Crippen molar-refractivity contribution in [3.8, 4) is 22.8 Å². The van der Waals surface area contributed by atoms with E-state index in [9.17, 15) is 9.59 Å². The summed E-state index contributed by atoms with van der Waals surface area (Å²) in [5.74, 6) is 0.625. The van der Waals surface area contributed by atoms with Crippen LogP contribution in [0.4, 0.5) is 5.69 Å². The number of carbonyl (C=O) groups is 2. The normalized spacial score (nSPS) is 12.6. The first-order valence-corrected chi connectivity index (χ1v) is 12.2. The maximum atomic E-state index is 13.3. The summed E-state index contributed by atoms with van der Waals surface area (Å²) in [5, 5.41) is 10.7. The van der Waals surface area contributed by atoms with Crippen molar-refractivity contribution < 1.29 is 19.1 Å². The number of aromatic nitrogens is 3. The van der Waals surface area contributed by atoms with Crippen molar-refractivity contribution in [2.75, 3.05) is 25.1 Å². The van der Waals surface area contributed by atoms with E-state index in [0.29, 0.717) is 47.0 Å². The van der Waals surface area contributed by atoms with Crippen LogP contribution in [-0.2, 0) is 4.79 Å². The lowest BCUT2D eigenvalue weighted by Crippen LogP contribution is -2.33. The van der Waals surface area contributed by atoms with Crippen LogP contribution in [0, 0.1) is 13.8 Å². The van der Waals surface area contributed by atoms with Crippen LogP contribution in [0.2, 0.25) is 0 Å². The Labute approximate surface area is 214 Å². The highest BCUT2D eigenvalue weighted by Crippen LogP contribution is 2.35. The van der Waals surface area contributed by atoms with Crippen molar-refractivity contribution in [2.45, 2.75) is 33.7 Å². The molecule has 4 aromatic rings. The molecule has 0 aliphatic carbocycles. The number of anilines is 1. The van der Waals surface area contributed by atoms with E-state index in [1.807, 2.05) is 64.1 Å². The summed E-state index contributed by atoms with van der Waals surface area (Å²) in [5.41, 5.74) is 5.03. The molecule has 1 aliphatic rings. The predicted octanol–water partition coefficient (Wildman–Crippen LogP) is 4.44. The van der Waals surface area contributed by atoms with E-state index in [-0.39, 0.29) is 24.4 Å². The fourth-order valence-electron chi connectivity index (χ4n) is 4.39. The number of fused-ring (bicyclic) bond motifs is 2. The molecule has 0 atom stereocenters. The van der Waals surface area contributed by atoms with E-state index >= 15 is 0 Å². The Balaban J connectivity index is 1.45. The molecular formula is C28H29N5O4. The van der Waals surface area contributed by atoms with Gasteiger partial charge in [0.25, 0.3) is 5.91 Å². The molecule has 2 aromatic heterocycles. The molecule has 3 heterocycles. The van der Waals surface area contributed by atoms with Crippen LogP contribution in [0.25, 0.3) is 22.3 Å². The largest absolute Gasteiger partial charge is 0.486 e. The lowest BCUT2D eigenvalue weighted by Gasteiger charge is -2.19. The molecule has 0 unspecified atom stereocenters. The van der Waals surface area contributed by atoms with E-state index in [0.717, 1.165) is 22.4 Å². The zero-order valence-corrected chi connectivity index (χ0v) is 21.3. The van der Waals surface area contributed by atoms with Crippen LogP contribution >= 0.6 is 0 Å². The lowest BCUT2D eigenvalue weighted by molar-refractivity contribution is -0.115. The van der Waals surface area contributed by atoms with E-state index in [1.54, 1.807) is 16.9 Å². The molecule has 0 saturated heterocycles. The van der Waals surface area contributed by atoms with Gasteiger partial charge < -0.3 is 20.1 Å². The third kappa shape index (κ3) is 4.84. The number of para-hydroxylation sites is 1. The first-order chi connectivity index (χ1) is 17.8. The molecule has 5 rings (SSSR count). The third-order valence-electron chi connectivity index (χ3n) is 6.29. The number of aryl methyl sites for hydroxylation is 2. The summed E-state index contributed by atoms with van der Waals surface area (Å²) in [6, 6.07) is 13.1. The maximum absolute atomic E-state index is 13.3. The molecule has 2 aromatic carbocycles. The Hall–Kier alpha value is -4.40. The topological polar surface area (TPSA) is 107 Å². The number of carbonyl (C=O) groups excluding carboxylic acids is 2. The summed E-state index contributed by atoms with van der Waals surface area (Å²) in [6.07, 6.45) is 1.64. The molecular weight excluding hydrogens is 470 g/mol. The van der Waals surface area contributed by atoms with E-state index in [1.165, 1.54) is 0 Å². The summed E-state index contributed by atoms with van der Waals surface area (Å²) in [7, 11) is 0. The van der Waals surface area contributed by atoms with Gasteiger partial charge in [-0.15, -0.1) is 0 Å². The van der Waals surface area contributed by atoms with Crippen molar-refractivity contribution >= 4 is 28.5 Å². The van der Waals surface area contributed by atoms with E-state index in [2.05, 4.69) is 15.7 Å². The monoisotopic (exact) mass is 499 g/mol. The summed E-state index contributed by atoms with van der Waals surface area (Å²) in [6.45, 7) is 8.67. The predicted molar refractivity (Wildman–Crippen MR) is 141 cm³/mol. The molecule has 0 bridgehead atoms. The van der Waals surface area contributed by atoms with Gasteiger partial charge in [0.15, 0.2) is 17.1 Å². The number of hydrogen-bond acceptors (Lipinski definition) is 6. The second kappa shape index (κ2) is 9.93. The minimum Gasteiger partial charge on any atom is -0.486 e. The van der Waals surface area contributed by atoms with Crippen molar-refractivity contribution in [3.63, 3.8) is 0 Å². The molecule has 1 aliphatic heterocycles. The van der Waals surface area contributed by atoms with Gasteiger partial charge in [0.05, 0.1) is 29.4 Å². The second-order valence-electron chi connectivity index (χ2n) is 9.33. The van der Waals surface area contributed by atoms with Crippen LogP contribution in [0.15, 0.2) is 48.7 Å². The second-order valence-corrected chi connectivity index (χ2v) is 9.33. The van der Waals surface area contributed by atoms with Crippen molar-refractivity contribution in [3.05, 3.63) is 65.4 Å². The van der Waals surface area contributed by atoms with Gasteiger partial charge in [0, 0.05) is 17.3 Å². The van der Waals surface area contributed by atoms with Gasteiger partial charge in [0.1, 0.15) is 13.2 Å². The van der Waals surface area contributed by atoms with Gasteiger partial charge in [-0.25, -0.2) is 9.67 Å². The fraction of sp³-hybridized carbons (Fsp3) is 0.286. The quantitative estimate of drug-likeness (QED) is 0.406. The minimum atomic E-state index is -0.383. The molecule has 0 spiro atoms. The Kier molecular flexibility index (Phi) is 6.52. The first kappa shape index (κ1) is 24.3. The Morgan fingerprint density at radius 3 is 2.49 bits per heavy atom. The number of ether oxygens (including phenoxy) is 2. The number of pyridine rings is 1. The number of nitrogens with one attached hydrogen (secondary N) is 2. The SMILES string of the molecule is Cc1cccc(C)c1NC(=O)CNC(=O)c1cc(-c2ccc3c(c2)OCCO3)nc2c1cnn2C(C)C. The van der Waals surface area contributed by atoms with Gasteiger partial charge in [0.2, 0.25) is 5.91 Å². The Morgan fingerprint density at radius 1 is 1.03 bits per heavy atom. The van der Waals surface area contributed by atoms with E-state index < -0.39 is 0 Å². The van der Waals surface area contributed by atoms with Gasteiger partial charge in [-0.3, -0.25) is 9.59 Å². The van der Waals surface area contributed by atoms with Crippen LogP contribution in [0.5, 0.6) is 11.5 Å².